The summed E-state index contributed by atoms with van der Waals surface area (Å²) in [4.78, 5) is 4.35. The number of halogens is 4. The molecule has 29 heavy (non-hydrogen) atoms. The van der Waals surface area contributed by atoms with Crippen molar-refractivity contribution in [2.75, 3.05) is 25.1 Å². The van der Waals surface area contributed by atoms with Gasteiger partial charge in [-0.25, -0.2) is 4.39 Å². The highest BCUT2D eigenvalue weighted by Crippen LogP contribution is 2.35. The Morgan fingerprint density at radius 2 is 1.76 bits per heavy atom. The van der Waals surface area contributed by atoms with Gasteiger partial charge in [-0.15, -0.1) is 13.2 Å². The van der Waals surface area contributed by atoms with Crippen LogP contribution in [0.15, 0.2) is 53.5 Å². The lowest BCUT2D eigenvalue weighted by Crippen LogP contribution is -2.38. The van der Waals surface area contributed by atoms with E-state index < -0.39 is 12.1 Å². The van der Waals surface area contributed by atoms with Gasteiger partial charge in [0.1, 0.15) is 5.82 Å². The molecule has 0 atom stereocenters. The van der Waals surface area contributed by atoms with E-state index in [0.29, 0.717) is 26.1 Å². The summed E-state index contributed by atoms with van der Waals surface area (Å²) in [5.41, 5.74) is 6.50. The van der Waals surface area contributed by atoms with E-state index in [0.717, 1.165) is 5.56 Å². The number of ether oxygens (including phenoxy) is 2. The Hall–Kier alpha value is -2.81. The van der Waals surface area contributed by atoms with Gasteiger partial charge in [0.05, 0.1) is 12.2 Å². The van der Waals surface area contributed by atoms with Crippen molar-refractivity contribution in [3.8, 4) is 5.75 Å². The molecule has 1 aliphatic rings. The van der Waals surface area contributed by atoms with Gasteiger partial charge in [0, 0.05) is 18.6 Å². The highest BCUT2D eigenvalue weighted by Gasteiger charge is 2.35. The predicted octanol–water partition coefficient (Wildman–Crippen LogP) is 4.20. The minimum atomic E-state index is -4.82. The minimum absolute atomic E-state index is 0.0452. The standard InChI is InChI=1S/C20H21F4N3O2/c21-15-7-5-14(6-8-15)19(9-11-28-12-10-19)13-26-18(25)27-16-3-1-2-4-17(16)29-20(22,23)24/h1-8H,9-13H2,(H3,25,26,27). The highest BCUT2D eigenvalue weighted by atomic mass is 19.4. The second kappa shape index (κ2) is 8.69. The van der Waals surface area contributed by atoms with Crippen molar-refractivity contribution in [2.45, 2.75) is 24.6 Å². The van der Waals surface area contributed by atoms with E-state index in [-0.39, 0.29) is 29.4 Å². The molecular weight excluding hydrogens is 390 g/mol. The third-order valence-electron chi connectivity index (χ3n) is 4.83. The molecule has 0 unspecified atom stereocenters. The summed E-state index contributed by atoms with van der Waals surface area (Å²) >= 11 is 0. The number of alkyl halides is 3. The first-order valence-corrected chi connectivity index (χ1v) is 9.03. The van der Waals surface area contributed by atoms with Crippen molar-refractivity contribution in [1.82, 2.24) is 0 Å². The molecule has 1 saturated heterocycles. The third kappa shape index (κ3) is 5.60. The van der Waals surface area contributed by atoms with E-state index in [1.807, 2.05) is 0 Å². The van der Waals surface area contributed by atoms with Gasteiger partial charge in [0.2, 0.25) is 0 Å². The average Bonchev–Trinajstić information content (AvgIpc) is 2.68. The lowest BCUT2D eigenvalue weighted by molar-refractivity contribution is -0.274. The molecule has 0 bridgehead atoms. The normalized spacial score (nSPS) is 17.0. The molecule has 3 rings (SSSR count). The number of rotatable bonds is 5. The number of anilines is 1. The number of nitrogens with zero attached hydrogens (tertiary/aromatic N) is 1. The van der Waals surface area contributed by atoms with Crippen LogP contribution in [-0.2, 0) is 10.2 Å². The van der Waals surface area contributed by atoms with E-state index in [1.165, 1.54) is 30.3 Å². The van der Waals surface area contributed by atoms with Crippen molar-refractivity contribution in [3.63, 3.8) is 0 Å². The molecule has 0 spiro atoms. The van der Waals surface area contributed by atoms with Crippen molar-refractivity contribution >= 4 is 11.6 Å². The molecule has 0 radical (unpaired) electrons. The number of aliphatic imine (C=N–C) groups is 1. The molecule has 0 saturated carbocycles. The summed E-state index contributed by atoms with van der Waals surface area (Å²) in [7, 11) is 0. The van der Waals surface area contributed by atoms with Crippen LogP contribution in [0.5, 0.6) is 5.75 Å². The van der Waals surface area contributed by atoms with Gasteiger partial charge < -0.3 is 20.5 Å². The predicted molar refractivity (Wildman–Crippen MR) is 101 cm³/mol. The molecular formula is C20H21F4N3O2. The Morgan fingerprint density at radius 3 is 2.41 bits per heavy atom. The molecule has 2 aromatic rings. The first-order chi connectivity index (χ1) is 13.8. The van der Waals surface area contributed by atoms with Crippen molar-refractivity contribution in [3.05, 3.63) is 59.9 Å². The monoisotopic (exact) mass is 411 g/mol. The smallest absolute Gasteiger partial charge is 0.404 e. The first-order valence-electron chi connectivity index (χ1n) is 9.03. The number of para-hydroxylation sites is 2. The summed E-state index contributed by atoms with van der Waals surface area (Å²) < 4.78 is 60.5. The van der Waals surface area contributed by atoms with Crippen molar-refractivity contribution in [2.24, 2.45) is 10.7 Å². The maximum atomic E-state index is 13.3. The fraction of sp³-hybridized carbons (Fsp3) is 0.350. The van der Waals surface area contributed by atoms with Gasteiger partial charge >= 0.3 is 6.36 Å². The molecule has 1 aliphatic heterocycles. The molecule has 2 aromatic carbocycles. The zero-order valence-corrected chi connectivity index (χ0v) is 15.5. The third-order valence-corrected chi connectivity index (χ3v) is 4.83. The zero-order valence-electron chi connectivity index (χ0n) is 15.5. The molecule has 5 nitrogen and oxygen atoms in total. The number of nitrogens with two attached hydrogens (primary N) is 1. The molecule has 156 valence electrons. The van der Waals surface area contributed by atoms with Gasteiger partial charge in [-0.05, 0) is 42.7 Å². The SMILES string of the molecule is NC(=NCC1(c2ccc(F)cc2)CCOCC1)Nc1ccccc1OC(F)(F)F. The van der Waals surface area contributed by atoms with E-state index in [9.17, 15) is 17.6 Å². The minimum Gasteiger partial charge on any atom is -0.404 e. The van der Waals surface area contributed by atoms with Crippen LogP contribution in [0, 0.1) is 5.82 Å². The summed E-state index contributed by atoms with van der Waals surface area (Å²) in [6, 6.07) is 11.8. The zero-order chi connectivity index (χ0) is 20.9. The second-order valence-corrected chi connectivity index (χ2v) is 6.77. The number of hydrogen-bond donors (Lipinski definition) is 2. The second-order valence-electron chi connectivity index (χ2n) is 6.77. The average molecular weight is 411 g/mol. The van der Waals surface area contributed by atoms with Crippen molar-refractivity contribution in [1.29, 1.82) is 0 Å². The number of guanidine groups is 1. The lowest BCUT2D eigenvalue weighted by Gasteiger charge is -2.36. The summed E-state index contributed by atoms with van der Waals surface area (Å²) in [6.45, 7) is 1.34. The fourth-order valence-electron chi connectivity index (χ4n) is 3.30. The lowest BCUT2D eigenvalue weighted by atomic mass is 9.74. The van der Waals surface area contributed by atoms with Gasteiger partial charge in [0.15, 0.2) is 11.7 Å². The maximum Gasteiger partial charge on any atom is 0.573 e. The summed E-state index contributed by atoms with van der Waals surface area (Å²) in [5.74, 6) is -0.782. The van der Waals surface area contributed by atoms with Crippen LogP contribution in [-0.4, -0.2) is 32.1 Å². The number of hydrogen-bond acceptors (Lipinski definition) is 3. The van der Waals surface area contributed by atoms with Crippen LogP contribution < -0.4 is 15.8 Å². The molecule has 0 amide bonds. The Bertz CT molecular complexity index is 848. The van der Waals surface area contributed by atoms with Crippen LogP contribution in [0.25, 0.3) is 0 Å². The van der Waals surface area contributed by atoms with E-state index in [1.54, 1.807) is 18.2 Å². The molecule has 1 fully saturated rings. The van der Waals surface area contributed by atoms with Crippen molar-refractivity contribution < 1.29 is 27.0 Å². The highest BCUT2D eigenvalue weighted by molar-refractivity contribution is 5.93. The van der Waals surface area contributed by atoms with Gasteiger partial charge in [0.25, 0.3) is 0 Å². The Balaban J connectivity index is 1.78. The van der Waals surface area contributed by atoms with Gasteiger partial charge in [-0.2, -0.15) is 0 Å². The quantitative estimate of drug-likeness (QED) is 0.440. The van der Waals surface area contributed by atoms with Crippen LogP contribution >= 0.6 is 0 Å². The first kappa shape index (κ1) is 20.9. The van der Waals surface area contributed by atoms with E-state index in [4.69, 9.17) is 10.5 Å². The van der Waals surface area contributed by atoms with Gasteiger partial charge in [-0.1, -0.05) is 24.3 Å². The molecule has 1 heterocycles. The largest absolute Gasteiger partial charge is 0.573 e. The van der Waals surface area contributed by atoms with Crippen LogP contribution in [0.1, 0.15) is 18.4 Å². The molecule has 9 heteroatoms. The Morgan fingerprint density at radius 1 is 1.10 bits per heavy atom. The van der Waals surface area contributed by atoms with Crippen LogP contribution in [0.3, 0.4) is 0 Å². The number of nitrogens with one attached hydrogen (secondary N) is 1. The van der Waals surface area contributed by atoms with Crippen LogP contribution in [0.4, 0.5) is 23.2 Å². The Kier molecular flexibility index (Phi) is 6.26. The maximum absolute atomic E-state index is 13.3. The van der Waals surface area contributed by atoms with E-state index in [2.05, 4.69) is 15.0 Å². The Labute approximate surface area is 165 Å². The molecule has 0 aliphatic carbocycles. The summed E-state index contributed by atoms with van der Waals surface area (Å²) in [5, 5.41) is 2.66. The van der Waals surface area contributed by atoms with Gasteiger partial charge in [-0.3, -0.25) is 4.99 Å². The molecule has 3 N–H and O–H groups in total. The summed E-state index contributed by atoms with van der Waals surface area (Å²) in [6.07, 6.45) is -3.48. The van der Waals surface area contributed by atoms with Crippen LogP contribution in [0.2, 0.25) is 0 Å². The topological polar surface area (TPSA) is 68.9 Å². The number of benzene rings is 2. The fourth-order valence-corrected chi connectivity index (χ4v) is 3.30. The van der Waals surface area contributed by atoms with E-state index >= 15 is 0 Å². The molecule has 0 aromatic heterocycles.